The molecule has 1 heterocycles. The van der Waals surface area contributed by atoms with Crippen LogP contribution in [0.3, 0.4) is 0 Å². The van der Waals surface area contributed by atoms with Crippen LogP contribution in [0.2, 0.25) is 10.0 Å². The summed E-state index contributed by atoms with van der Waals surface area (Å²) < 4.78 is 11.9. The van der Waals surface area contributed by atoms with E-state index in [1.807, 2.05) is 0 Å². The Morgan fingerprint density at radius 1 is 1.30 bits per heavy atom. The Labute approximate surface area is 127 Å². The van der Waals surface area contributed by atoms with Crippen molar-refractivity contribution >= 4 is 34.0 Å². The first-order chi connectivity index (χ1) is 9.45. The third kappa shape index (κ3) is 2.63. The van der Waals surface area contributed by atoms with Gasteiger partial charge in [0.1, 0.15) is 11.6 Å². The highest BCUT2D eigenvalue weighted by molar-refractivity contribution is 7.84. The lowest BCUT2D eigenvalue weighted by Crippen LogP contribution is -2.14. The third-order valence-corrected chi connectivity index (χ3v) is 4.41. The highest BCUT2D eigenvalue weighted by Gasteiger charge is 2.17. The summed E-state index contributed by atoms with van der Waals surface area (Å²) in [4.78, 5) is 14.3. The van der Waals surface area contributed by atoms with Crippen molar-refractivity contribution in [3.8, 4) is 17.2 Å². The van der Waals surface area contributed by atoms with Crippen molar-refractivity contribution in [2.45, 2.75) is 4.90 Å². The Bertz CT molecular complexity index is 809. The minimum absolute atomic E-state index is 0.158. The second-order valence-electron chi connectivity index (χ2n) is 3.93. The van der Waals surface area contributed by atoms with Gasteiger partial charge in [-0.05, 0) is 17.7 Å². The van der Waals surface area contributed by atoms with Crippen LogP contribution in [-0.2, 0) is 10.8 Å². The third-order valence-electron chi connectivity index (χ3n) is 2.68. The molecule has 0 aliphatic rings. The molecule has 102 valence electrons. The van der Waals surface area contributed by atoms with Crippen LogP contribution >= 0.6 is 23.2 Å². The first-order valence-corrected chi connectivity index (χ1v) is 7.71. The number of H-pyrrole nitrogens is 1. The fraction of sp³-hybridized carbons (Fsp3) is 0.0769. The van der Waals surface area contributed by atoms with Crippen molar-refractivity contribution < 1.29 is 4.21 Å². The summed E-state index contributed by atoms with van der Waals surface area (Å²) in [6.07, 6.45) is 2.83. The molecule has 1 aromatic heterocycles. The van der Waals surface area contributed by atoms with E-state index in [1.165, 1.54) is 12.5 Å². The van der Waals surface area contributed by atoms with Gasteiger partial charge < -0.3 is 4.98 Å². The Kier molecular flexibility index (Phi) is 4.29. The quantitative estimate of drug-likeness (QED) is 0.921. The van der Waals surface area contributed by atoms with E-state index < -0.39 is 16.4 Å². The molecule has 0 saturated heterocycles. The van der Waals surface area contributed by atoms with Gasteiger partial charge in [0.15, 0.2) is 0 Å². The number of nitriles is 1. The van der Waals surface area contributed by atoms with E-state index in [4.69, 9.17) is 28.5 Å². The van der Waals surface area contributed by atoms with E-state index in [1.54, 1.807) is 24.3 Å². The number of nitrogens with zero attached hydrogens (tertiary/aromatic N) is 1. The van der Waals surface area contributed by atoms with Crippen molar-refractivity contribution in [3.05, 3.63) is 50.4 Å². The second-order valence-corrected chi connectivity index (χ2v) is 6.06. The van der Waals surface area contributed by atoms with Crippen LogP contribution in [0.25, 0.3) is 11.1 Å². The van der Waals surface area contributed by atoms with E-state index in [0.717, 1.165) is 0 Å². The zero-order valence-corrected chi connectivity index (χ0v) is 12.6. The summed E-state index contributed by atoms with van der Waals surface area (Å²) in [5.41, 5.74) is 0.383. The normalized spacial score (nSPS) is 11.9. The first kappa shape index (κ1) is 14.8. The van der Waals surface area contributed by atoms with Gasteiger partial charge in [0.05, 0.1) is 25.7 Å². The van der Waals surface area contributed by atoms with Crippen LogP contribution in [-0.4, -0.2) is 15.4 Å². The highest BCUT2D eigenvalue weighted by Crippen LogP contribution is 2.31. The number of rotatable bonds is 2. The van der Waals surface area contributed by atoms with Gasteiger partial charge in [-0.2, -0.15) is 5.26 Å². The molecule has 1 N–H and O–H groups in total. The van der Waals surface area contributed by atoms with Crippen molar-refractivity contribution in [2.75, 3.05) is 6.26 Å². The number of nitrogens with one attached hydrogen (secondary N) is 1. The molecule has 0 fully saturated rings. The fourth-order valence-electron chi connectivity index (χ4n) is 1.79. The lowest BCUT2D eigenvalue weighted by molar-refractivity contribution is 0.686. The minimum atomic E-state index is -1.49. The van der Waals surface area contributed by atoms with E-state index in [2.05, 4.69) is 4.98 Å². The van der Waals surface area contributed by atoms with Crippen LogP contribution in [0.1, 0.15) is 5.56 Å². The smallest absolute Gasteiger partial charge is 0.267 e. The van der Waals surface area contributed by atoms with Gasteiger partial charge in [-0.25, -0.2) is 0 Å². The van der Waals surface area contributed by atoms with Gasteiger partial charge in [0, 0.05) is 18.0 Å². The molecule has 1 atom stereocenters. The van der Waals surface area contributed by atoms with Gasteiger partial charge in [0.25, 0.3) is 5.56 Å². The fourth-order valence-corrected chi connectivity index (χ4v) is 3.00. The molecule has 4 nitrogen and oxygen atoms in total. The van der Waals surface area contributed by atoms with Gasteiger partial charge >= 0.3 is 0 Å². The summed E-state index contributed by atoms with van der Waals surface area (Å²) in [6, 6.07) is 6.65. The number of halogens is 2. The van der Waals surface area contributed by atoms with E-state index in [0.29, 0.717) is 21.2 Å². The van der Waals surface area contributed by atoms with Crippen LogP contribution < -0.4 is 5.56 Å². The zero-order chi connectivity index (χ0) is 14.9. The molecule has 1 aromatic carbocycles. The van der Waals surface area contributed by atoms with Gasteiger partial charge in [-0.15, -0.1) is 0 Å². The molecular weight excluding hydrogens is 319 g/mol. The molecule has 0 radical (unpaired) electrons. The monoisotopic (exact) mass is 326 g/mol. The predicted octanol–water partition coefficient (Wildman–Crippen LogP) is 2.96. The highest BCUT2D eigenvalue weighted by atomic mass is 35.5. The standard InChI is InChI=1S/C13H8Cl2N2O2S/c1-20(19)12-8(5-16)13(18)17-6-9(12)7-2-3-10(14)11(15)4-7/h2-4,6H,1H3,(H,17,18). The molecule has 0 amide bonds. The number of aromatic nitrogens is 1. The van der Waals surface area contributed by atoms with E-state index in [-0.39, 0.29) is 10.5 Å². The van der Waals surface area contributed by atoms with Crippen LogP contribution in [0.15, 0.2) is 34.1 Å². The Balaban J connectivity index is 2.81. The van der Waals surface area contributed by atoms with E-state index >= 15 is 0 Å². The van der Waals surface area contributed by atoms with Gasteiger partial charge in [0.2, 0.25) is 0 Å². The molecule has 20 heavy (non-hydrogen) atoms. The molecule has 2 rings (SSSR count). The summed E-state index contributed by atoms with van der Waals surface area (Å²) >= 11 is 11.8. The van der Waals surface area contributed by atoms with Crippen molar-refractivity contribution in [2.24, 2.45) is 0 Å². The molecule has 0 saturated carbocycles. The predicted molar refractivity (Wildman–Crippen MR) is 79.6 cm³/mol. The summed E-state index contributed by atoms with van der Waals surface area (Å²) in [5, 5.41) is 9.79. The SMILES string of the molecule is CS(=O)c1c(-c2ccc(Cl)c(Cl)c2)c[nH]c(=O)c1C#N. The maximum Gasteiger partial charge on any atom is 0.267 e. The van der Waals surface area contributed by atoms with Crippen LogP contribution in [0, 0.1) is 11.3 Å². The molecule has 0 aliphatic heterocycles. The Morgan fingerprint density at radius 2 is 2.00 bits per heavy atom. The maximum atomic E-state index is 11.9. The van der Waals surface area contributed by atoms with Gasteiger partial charge in [-0.1, -0.05) is 29.3 Å². The average Bonchev–Trinajstić information content (AvgIpc) is 2.41. The van der Waals surface area contributed by atoms with Crippen molar-refractivity contribution in [3.63, 3.8) is 0 Å². The van der Waals surface area contributed by atoms with Crippen molar-refractivity contribution in [1.82, 2.24) is 4.98 Å². The molecule has 0 bridgehead atoms. The first-order valence-electron chi connectivity index (χ1n) is 5.40. The lowest BCUT2D eigenvalue weighted by atomic mass is 10.1. The molecular formula is C13H8Cl2N2O2S. The molecule has 7 heteroatoms. The topological polar surface area (TPSA) is 73.7 Å². The summed E-state index contributed by atoms with van der Waals surface area (Å²) in [7, 11) is -1.49. The Morgan fingerprint density at radius 3 is 2.55 bits per heavy atom. The number of hydrogen-bond acceptors (Lipinski definition) is 3. The molecule has 1 unspecified atom stereocenters. The summed E-state index contributed by atoms with van der Waals surface area (Å²) in [6.45, 7) is 0. The van der Waals surface area contributed by atoms with Crippen molar-refractivity contribution in [1.29, 1.82) is 5.26 Å². The van der Waals surface area contributed by atoms with Crippen LogP contribution in [0.5, 0.6) is 0 Å². The lowest BCUT2D eigenvalue weighted by Gasteiger charge is -2.09. The number of hydrogen-bond donors (Lipinski definition) is 1. The molecule has 0 spiro atoms. The van der Waals surface area contributed by atoms with E-state index in [9.17, 15) is 9.00 Å². The average molecular weight is 327 g/mol. The second kappa shape index (κ2) is 5.80. The Hall–Kier alpha value is -1.61. The van der Waals surface area contributed by atoms with Gasteiger partial charge in [-0.3, -0.25) is 9.00 Å². The zero-order valence-electron chi connectivity index (χ0n) is 10.2. The summed E-state index contributed by atoms with van der Waals surface area (Å²) in [5.74, 6) is 0. The number of benzene rings is 1. The number of pyridine rings is 1. The minimum Gasteiger partial charge on any atom is -0.327 e. The number of aromatic amines is 1. The van der Waals surface area contributed by atoms with Crippen LogP contribution in [0.4, 0.5) is 0 Å². The molecule has 0 aliphatic carbocycles. The largest absolute Gasteiger partial charge is 0.327 e. The molecule has 2 aromatic rings. The maximum absolute atomic E-state index is 11.9.